The SMILES string of the molecule is NC(=O)C(CCSC1CCCC1)NC1CC1. The van der Waals surface area contributed by atoms with E-state index in [0.717, 1.165) is 17.4 Å². The summed E-state index contributed by atoms with van der Waals surface area (Å²) in [5, 5.41) is 4.17. The molecule has 2 fully saturated rings. The predicted molar refractivity (Wildman–Crippen MR) is 68.5 cm³/mol. The van der Waals surface area contributed by atoms with Gasteiger partial charge in [0.25, 0.3) is 0 Å². The predicted octanol–water partition coefficient (Wildman–Crippen LogP) is 1.66. The van der Waals surface area contributed by atoms with Crippen molar-refractivity contribution in [2.75, 3.05) is 5.75 Å². The summed E-state index contributed by atoms with van der Waals surface area (Å²) in [4.78, 5) is 11.2. The molecule has 4 heteroatoms. The first kappa shape index (κ1) is 12.2. The topological polar surface area (TPSA) is 55.1 Å². The average Bonchev–Trinajstić information content (AvgIpc) is 2.91. The monoisotopic (exact) mass is 242 g/mol. The quantitative estimate of drug-likeness (QED) is 0.714. The van der Waals surface area contributed by atoms with Crippen molar-refractivity contribution < 1.29 is 4.79 Å². The van der Waals surface area contributed by atoms with Crippen LogP contribution in [0.4, 0.5) is 0 Å². The van der Waals surface area contributed by atoms with Crippen molar-refractivity contribution in [2.45, 2.75) is 62.3 Å². The molecule has 0 bridgehead atoms. The van der Waals surface area contributed by atoms with E-state index in [4.69, 9.17) is 5.73 Å². The summed E-state index contributed by atoms with van der Waals surface area (Å²) in [5.74, 6) is 0.886. The Morgan fingerprint density at radius 2 is 2.00 bits per heavy atom. The van der Waals surface area contributed by atoms with Crippen molar-refractivity contribution in [2.24, 2.45) is 5.73 Å². The van der Waals surface area contributed by atoms with Gasteiger partial charge in [-0.25, -0.2) is 0 Å². The molecule has 2 aliphatic carbocycles. The molecule has 92 valence electrons. The lowest BCUT2D eigenvalue weighted by molar-refractivity contribution is -0.120. The fourth-order valence-corrected chi connectivity index (χ4v) is 3.62. The largest absolute Gasteiger partial charge is 0.368 e. The second-order valence-electron chi connectivity index (χ2n) is 4.96. The molecule has 0 aliphatic heterocycles. The standard InChI is InChI=1S/C12H22N2OS/c13-12(15)11(14-9-5-6-9)7-8-16-10-3-1-2-4-10/h9-11,14H,1-8H2,(H2,13,15). The van der Waals surface area contributed by atoms with Crippen molar-refractivity contribution in [3.63, 3.8) is 0 Å². The smallest absolute Gasteiger partial charge is 0.234 e. The molecular formula is C12H22N2OS. The molecule has 0 aromatic carbocycles. The molecule has 1 amide bonds. The first-order valence-electron chi connectivity index (χ1n) is 6.42. The van der Waals surface area contributed by atoms with Gasteiger partial charge in [0, 0.05) is 11.3 Å². The van der Waals surface area contributed by atoms with Crippen LogP contribution in [0.15, 0.2) is 0 Å². The van der Waals surface area contributed by atoms with Gasteiger partial charge in [-0.3, -0.25) is 4.79 Å². The van der Waals surface area contributed by atoms with Crippen LogP contribution >= 0.6 is 11.8 Å². The molecule has 3 nitrogen and oxygen atoms in total. The molecule has 0 aromatic rings. The maximum absolute atomic E-state index is 11.2. The molecule has 0 aromatic heterocycles. The molecule has 0 heterocycles. The highest BCUT2D eigenvalue weighted by Crippen LogP contribution is 2.30. The molecule has 2 aliphatic rings. The Kier molecular flexibility index (Phi) is 4.53. The Labute approximate surface area is 102 Å². The number of nitrogens with one attached hydrogen (secondary N) is 1. The molecular weight excluding hydrogens is 220 g/mol. The number of thioether (sulfide) groups is 1. The zero-order valence-corrected chi connectivity index (χ0v) is 10.6. The van der Waals surface area contributed by atoms with E-state index in [-0.39, 0.29) is 11.9 Å². The number of carbonyl (C=O) groups excluding carboxylic acids is 1. The van der Waals surface area contributed by atoms with E-state index in [1.807, 2.05) is 11.8 Å². The zero-order valence-electron chi connectivity index (χ0n) is 9.78. The molecule has 1 atom stereocenters. The second kappa shape index (κ2) is 5.92. The number of amides is 1. The normalized spacial score (nSPS) is 23.5. The minimum absolute atomic E-state index is 0.0959. The summed E-state index contributed by atoms with van der Waals surface area (Å²) >= 11 is 2.03. The van der Waals surface area contributed by atoms with E-state index in [0.29, 0.717) is 6.04 Å². The van der Waals surface area contributed by atoms with Crippen molar-refractivity contribution in [3.8, 4) is 0 Å². The third kappa shape index (κ3) is 3.98. The van der Waals surface area contributed by atoms with Crippen LogP contribution < -0.4 is 11.1 Å². The summed E-state index contributed by atoms with van der Waals surface area (Å²) < 4.78 is 0. The molecule has 0 spiro atoms. The average molecular weight is 242 g/mol. The Bertz CT molecular complexity index is 237. The van der Waals surface area contributed by atoms with E-state index in [1.54, 1.807) is 0 Å². The zero-order chi connectivity index (χ0) is 11.4. The number of carbonyl (C=O) groups is 1. The number of primary amides is 1. The van der Waals surface area contributed by atoms with Crippen molar-refractivity contribution in [1.82, 2.24) is 5.32 Å². The van der Waals surface area contributed by atoms with Gasteiger partial charge in [-0.1, -0.05) is 12.8 Å². The van der Waals surface area contributed by atoms with Crippen LogP contribution in [0.25, 0.3) is 0 Å². The Morgan fingerprint density at radius 3 is 2.56 bits per heavy atom. The minimum atomic E-state index is -0.182. The highest BCUT2D eigenvalue weighted by molar-refractivity contribution is 7.99. The van der Waals surface area contributed by atoms with Crippen LogP contribution in [-0.4, -0.2) is 29.0 Å². The van der Waals surface area contributed by atoms with Gasteiger partial charge in [-0.15, -0.1) is 0 Å². The number of hydrogen-bond donors (Lipinski definition) is 2. The Hall–Kier alpha value is -0.220. The maximum atomic E-state index is 11.2. The van der Waals surface area contributed by atoms with Crippen LogP contribution in [0.1, 0.15) is 44.9 Å². The lowest BCUT2D eigenvalue weighted by Crippen LogP contribution is -2.42. The van der Waals surface area contributed by atoms with Gasteiger partial charge >= 0.3 is 0 Å². The summed E-state index contributed by atoms with van der Waals surface area (Å²) in [6.07, 6.45) is 8.81. The van der Waals surface area contributed by atoms with Crippen LogP contribution in [0.5, 0.6) is 0 Å². The van der Waals surface area contributed by atoms with Crippen molar-refractivity contribution >= 4 is 17.7 Å². The van der Waals surface area contributed by atoms with Crippen LogP contribution in [0.3, 0.4) is 0 Å². The maximum Gasteiger partial charge on any atom is 0.234 e. The summed E-state index contributed by atoms with van der Waals surface area (Å²) in [6.45, 7) is 0. The van der Waals surface area contributed by atoms with Crippen molar-refractivity contribution in [3.05, 3.63) is 0 Å². The van der Waals surface area contributed by atoms with E-state index >= 15 is 0 Å². The van der Waals surface area contributed by atoms with E-state index in [2.05, 4.69) is 5.32 Å². The third-order valence-electron chi connectivity index (χ3n) is 3.42. The van der Waals surface area contributed by atoms with E-state index in [9.17, 15) is 4.79 Å². The lowest BCUT2D eigenvalue weighted by atomic mass is 10.2. The fourth-order valence-electron chi connectivity index (χ4n) is 2.25. The van der Waals surface area contributed by atoms with Gasteiger partial charge in [-0.2, -0.15) is 11.8 Å². The third-order valence-corrected chi connectivity index (χ3v) is 4.83. The molecule has 3 N–H and O–H groups in total. The molecule has 16 heavy (non-hydrogen) atoms. The molecule has 2 saturated carbocycles. The first-order chi connectivity index (χ1) is 7.75. The van der Waals surface area contributed by atoms with Gasteiger partial charge in [0.05, 0.1) is 6.04 Å². The summed E-state index contributed by atoms with van der Waals surface area (Å²) in [6, 6.07) is 0.468. The van der Waals surface area contributed by atoms with Crippen LogP contribution in [0.2, 0.25) is 0 Å². The molecule has 0 radical (unpaired) electrons. The summed E-state index contributed by atoms with van der Waals surface area (Å²) in [7, 11) is 0. The minimum Gasteiger partial charge on any atom is -0.368 e. The lowest BCUT2D eigenvalue weighted by Gasteiger charge is -2.16. The Balaban J connectivity index is 1.62. The highest BCUT2D eigenvalue weighted by atomic mass is 32.2. The number of nitrogens with two attached hydrogens (primary N) is 1. The number of hydrogen-bond acceptors (Lipinski definition) is 3. The van der Waals surface area contributed by atoms with E-state index < -0.39 is 0 Å². The highest BCUT2D eigenvalue weighted by Gasteiger charge is 2.27. The molecule has 0 saturated heterocycles. The molecule has 1 unspecified atom stereocenters. The first-order valence-corrected chi connectivity index (χ1v) is 7.47. The van der Waals surface area contributed by atoms with Crippen molar-refractivity contribution in [1.29, 1.82) is 0 Å². The van der Waals surface area contributed by atoms with Gasteiger partial charge in [0.15, 0.2) is 0 Å². The fraction of sp³-hybridized carbons (Fsp3) is 0.917. The van der Waals surface area contributed by atoms with Gasteiger partial charge in [0.2, 0.25) is 5.91 Å². The Morgan fingerprint density at radius 1 is 1.31 bits per heavy atom. The van der Waals surface area contributed by atoms with Crippen LogP contribution in [-0.2, 0) is 4.79 Å². The molecule has 2 rings (SSSR count). The van der Waals surface area contributed by atoms with Gasteiger partial charge in [-0.05, 0) is 37.9 Å². The summed E-state index contributed by atoms with van der Waals surface area (Å²) in [5.41, 5.74) is 5.40. The van der Waals surface area contributed by atoms with Gasteiger partial charge < -0.3 is 11.1 Å². The van der Waals surface area contributed by atoms with Gasteiger partial charge in [0.1, 0.15) is 0 Å². The number of rotatable bonds is 7. The van der Waals surface area contributed by atoms with E-state index in [1.165, 1.54) is 38.5 Å². The second-order valence-corrected chi connectivity index (χ2v) is 6.37. The van der Waals surface area contributed by atoms with Crippen LogP contribution in [0, 0.1) is 0 Å².